The maximum absolute atomic E-state index is 5.83. The van der Waals surface area contributed by atoms with Crippen LogP contribution in [0.2, 0.25) is 0 Å². The van der Waals surface area contributed by atoms with E-state index in [9.17, 15) is 0 Å². The van der Waals surface area contributed by atoms with Crippen molar-refractivity contribution in [2.45, 2.75) is 13.3 Å². The van der Waals surface area contributed by atoms with Gasteiger partial charge in [-0.25, -0.2) is 4.98 Å². The van der Waals surface area contributed by atoms with Gasteiger partial charge in [-0.2, -0.15) is 4.98 Å². The Kier molecular flexibility index (Phi) is 4.41. The van der Waals surface area contributed by atoms with E-state index in [1.807, 2.05) is 25.1 Å². The summed E-state index contributed by atoms with van der Waals surface area (Å²) in [5.41, 5.74) is 13.3. The van der Waals surface area contributed by atoms with Crippen molar-refractivity contribution in [2.24, 2.45) is 0 Å². The maximum Gasteiger partial charge on any atom is 0.221 e. The standard InChI is InChI=1S/C13H15IN4O/c1-2-19-11-6-8(3-4-10(11)14)5-9-7-17-13(16)18-12(9)15/h3-4,6-7H,2,5H2,1H3,(H4,15,16,17,18). The topological polar surface area (TPSA) is 87.0 Å². The van der Waals surface area contributed by atoms with Gasteiger partial charge in [0.25, 0.3) is 0 Å². The first-order chi connectivity index (χ1) is 9.10. The van der Waals surface area contributed by atoms with Gasteiger partial charge in [-0.1, -0.05) is 6.07 Å². The van der Waals surface area contributed by atoms with Crippen LogP contribution in [0.3, 0.4) is 0 Å². The molecule has 0 amide bonds. The fraction of sp³-hybridized carbons (Fsp3) is 0.231. The van der Waals surface area contributed by atoms with Crippen molar-refractivity contribution in [1.29, 1.82) is 0 Å². The van der Waals surface area contributed by atoms with E-state index in [4.69, 9.17) is 16.2 Å². The van der Waals surface area contributed by atoms with Crippen LogP contribution in [0.5, 0.6) is 5.75 Å². The van der Waals surface area contributed by atoms with Crippen molar-refractivity contribution < 1.29 is 4.74 Å². The molecule has 0 aliphatic rings. The first-order valence-corrected chi connectivity index (χ1v) is 6.96. The van der Waals surface area contributed by atoms with Crippen LogP contribution < -0.4 is 16.2 Å². The summed E-state index contributed by atoms with van der Waals surface area (Å²) in [6.45, 7) is 2.61. The largest absolute Gasteiger partial charge is 0.493 e. The minimum atomic E-state index is 0.193. The van der Waals surface area contributed by atoms with E-state index in [0.29, 0.717) is 18.8 Å². The lowest BCUT2D eigenvalue weighted by atomic mass is 10.1. The molecule has 0 bridgehead atoms. The lowest BCUT2D eigenvalue weighted by Gasteiger charge is -2.09. The normalized spacial score (nSPS) is 10.4. The predicted molar refractivity (Wildman–Crippen MR) is 84.0 cm³/mol. The van der Waals surface area contributed by atoms with Crippen molar-refractivity contribution >= 4 is 34.4 Å². The fourth-order valence-corrected chi connectivity index (χ4v) is 2.21. The third-order valence-corrected chi connectivity index (χ3v) is 3.50. The van der Waals surface area contributed by atoms with Gasteiger partial charge >= 0.3 is 0 Å². The number of anilines is 2. The van der Waals surface area contributed by atoms with Gasteiger partial charge in [0.05, 0.1) is 10.2 Å². The molecule has 5 nitrogen and oxygen atoms in total. The summed E-state index contributed by atoms with van der Waals surface area (Å²) < 4.78 is 6.66. The van der Waals surface area contributed by atoms with Crippen molar-refractivity contribution in [3.63, 3.8) is 0 Å². The van der Waals surface area contributed by atoms with E-state index in [1.165, 1.54) is 0 Å². The highest BCUT2D eigenvalue weighted by atomic mass is 127. The van der Waals surface area contributed by atoms with E-state index in [2.05, 4.69) is 32.6 Å². The Balaban J connectivity index is 2.25. The molecule has 0 saturated heterocycles. The first kappa shape index (κ1) is 13.9. The highest BCUT2D eigenvalue weighted by Crippen LogP contribution is 2.24. The van der Waals surface area contributed by atoms with E-state index in [-0.39, 0.29) is 5.95 Å². The summed E-state index contributed by atoms with van der Waals surface area (Å²) in [4.78, 5) is 7.92. The van der Waals surface area contributed by atoms with E-state index in [1.54, 1.807) is 6.20 Å². The molecule has 0 spiro atoms. The van der Waals surface area contributed by atoms with Crippen molar-refractivity contribution in [3.05, 3.63) is 39.1 Å². The fourth-order valence-electron chi connectivity index (χ4n) is 1.71. The molecular weight excluding hydrogens is 355 g/mol. The molecule has 0 aliphatic carbocycles. The van der Waals surface area contributed by atoms with E-state index in [0.717, 1.165) is 20.4 Å². The number of nitrogens with two attached hydrogens (primary N) is 2. The number of benzene rings is 1. The second kappa shape index (κ2) is 6.05. The van der Waals surface area contributed by atoms with Crippen LogP contribution in [0.15, 0.2) is 24.4 Å². The van der Waals surface area contributed by atoms with Gasteiger partial charge in [-0.3, -0.25) is 0 Å². The zero-order valence-electron chi connectivity index (χ0n) is 10.6. The Hall–Kier alpha value is -1.57. The monoisotopic (exact) mass is 370 g/mol. The predicted octanol–water partition coefficient (Wildman–Crippen LogP) is 2.24. The number of rotatable bonds is 4. The van der Waals surface area contributed by atoms with Crippen molar-refractivity contribution in [3.8, 4) is 5.75 Å². The SMILES string of the molecule is CCOc1cc(Cc2cnc(N)nc2N)ccc1I. The number of aromatic nitrogens is 2. The van der Waals surface area contributed by atoms with Crippen molar-refractivity contribution in [2.75, 3.05) is 18.1 Å². The van der Waals surface area contributed by atoms with Crippen LogP contribution >= 0.6 is 22.6 Å². The summed E-state index contributed by atoms with van der Waals surface area (Å²) >= 11 is 2.25. The van der Waals surface area contributed by atoms with Gasteiger partial charge in [0.15, 0.2) is 0 Å². The van der Waals surface area contributed by atoms with E-state index >= 15 is 0 Å². The summed E-state index contributed by atoms with van der Waals surface area (Å²) in [7, 11) is 0. The van der Waals surface area contributed by atoms with Gasteiger partial charge in [-0.15, -0.1) is 0 Å². The first-order valence-electron chi connectivity index (χ1n) is 5.88. The average Bonchev–Trinajstić information content (AvgIpc) is 2.37. The van der Waals surface area contributed by atoms with Crippen LogP contribution in [-0.4, -0.2) is 16.6 Å². The molecule has 19 heavy (non-hydrogen) atoms. The Morgan fingerprint density at radius 1 is 1.32 bits per heavy atom. The van der Waals surface area contributed by atoms with Gasteiger partial charge in [0.2, 0.25) is 5.95 Å². The van der Waals surface area contributed by atoms with Crippen LogP contribution in [0, 0.1) is 3.57 Å². The molecule has 0 fully saturated rings. The zero-order chi connectivity index (χ0) is 13.8. The third kappa shape index (κ3) is 3.46. The Labute approximate surface area is 125 Å². The lowest BCUT2D eigenvalue weighted by molar-refractivity contribution is 0.337. The number of nitrogens with zero attached hydrogens (tertiary/aromatic N) is 2. The highest BCUT2D eigenvalue weighted by molar-refractivity contribution is 14.1. The van der Waals surface area contributed by atoms with Gasteiger partial charge < -0.3 is 16.2 Å². The highest BCUT2D eigenvalue weighted by Gasteiger charge is 2.07. The molecule has 2 rings (SSSR count). The Morgan fingerprint density at radius 2 is 2.11 bits per heavy atom. The second-order valence-corrected chi connectivity index (χ2v) is 5.18. The maximum atomic E-state index is 5.83. The van der Waals surface area contributed by atoms with Crippen molar-refractivity contribution in [1.82, 2.24) is 9.97 Å². The zero-order valence-corrected chi connectivity index (χ0v) is 12.7. The van der Waals surface area contributed by atoms with Crippen LogP contribution in [0.1, 0.15) is 18.1 Å². The molecular formula is C13H15IN4O. The molecule has 0 aliphatic heterocycles. The third-order valence-electron chi connectivity index (χ3n) is 2.61. The molecule has 0 unspecified atom stereocenters. The molecule has 100 valence electrons. The van der Waals surface area contributed by atoms with Gasteiger partial charge in [0.1, 0.15) is 11.6 Å². The quantitative estimate of drug-likeness (QED) is 0.807. The molecule has 1 aromatic carbocycles. The molecule has 0 radical (unpaired) electrons. The summed E-state index contributed by atoms with van der Waals surface area (Å²) in [6, 6.07) is 6.08. The molecule has 0 saturated carbocycles. The number of ether oxygens (including phenoxy) is 1. The number of nitrogen functional groups attached to an aromatic ring is 2. The summed E-state index contributed by atoms with van der Waals surface area (Å²) in [6.07, 6.45) is 2.32. The molecule has 2 aromatic rings. The smallest absolute Gasteiger partial charge is 0.221 e. The Bertz CT molecular complexity index is 589. The molecule has 4 N–H and O–H groups in total. The molecule has 1 aromatic heterocycles. The van der Waals surface area contributed by atoms with Crippen LogP contribution in [0.4, 0.5) is 11.8 Å². The lowest BCUT2D eigenvalue weighted by Crippen LogP contribution is -2.04. The molecule has 6 heteroatoms. The minimum absolute atomic E-state index is 0.193. The molecule has 0 atom stereocenters. The number of halogens is 1. The van der Waals surface area contributed by atoms with Gasteiger partial charge in [-0.05, 0) is 47.2 Å². The number of hydrogen-bond acceptors (Lipinski definition) is 5. The Morgan fingerprint density at radius 3 is 2.79 bits per heavy atom. The number of hydrogen-bond donors (Lipinski definition) is 2. The van der Waals surface area contributed by atoms with Crippen LogP contribution in [0.25, 0.3) is 0 Å². The second-order valence-electron chi connectivity index (χ2n) is 4.01. The summed E-state index contributed by atoms with van der Waals surface area (Å²) in [5, 5.41) is 0. The average molecular weight is 370 g/mol. The summed E-state index contributed by atoms with van der Waals surface area (Å²) in [5.74, 6) is 1.50. The van der Waals surface area contributed by atoms with Crippen LogP contribution in [-0.2, 0) is 6.42 Å². The molecule has 1 heterocycles. The minimum Gasteiger partial charge on any atom is -0.493 e. The van der Waals surface area contributed by atoms with E-state index < -0.39 is 0 Å². The van der Waals surface area contributed by atoms with Gasteiger partial charge in [0, 0.05) is 18.2 Å².